The van der Waals surface area contributed by atoms with Gasteiger partial charge in [-0.05, 0) is 47.9 Å². The van der Waals surface area contributed by atoms with Gasteiger partial charge in [-0.2, -0.15) is 5.10 Å². The van der Waals surface area contributed by atoms with Crippen LogP contribution in [-0.4, -0.2) is 52.1 Å². The Morgan fingerprint density at radius 1 is 1.04 bits per heavy atom. The molecule has 5 rings (SSSR count). The summed E-state index contributed by atoms with van der Waals surface area (Å²) in [4.78, 5) is 57.3. The summed E-state index contributed by atoms with van der Waals surface area (Å²) < 4.78 is 5.44. The van der Waals surface area contributed by atoms with E-state index in [1.807, 2.05) is 58.0 Å². The number of rotatable bonds is 12. The van der Waals surface area contributed by atoms with E-state index < -0.39 is 35.5 Å². The van der Waals surface area contributed by atoms with Gasteiger partial charge in [0.25, 0.3) is 0 Å². The number of hydrogen-bond donors (Lipinski definition) is 5. The molecule has 3 aromatic rings. The first-order valence-electron chi connectivity index (χ1n) is 16.4. The van der Waals surface area contributed by atoms with E-state index in [2.05, 4.69) is 31.5 Å². The van der Waals surface area contributed by atoms with Gasteiger partial charge in [0.05, 0.1) is 28.7 Å². The Hall–Kier alpha value is -4.09. The Balaban J connectivity index is 1.46. The molecule has 0 bridgehead atoms. The van der Waals surface area contributed by atoms with Crippen LogP contribution in [0.15, 0.2) is 47.6 Å². The second-order valence-corrected chi connectivity index (χ2v) is 13.7. The summed E-state index contributed by atoms with van der Waals surface area (Å²) in [6, 6.07) is 11.2. The molecule has 13 heteroatoms. The van der Waals surface area contributed by atoms with Crippen molar-refractivity contribution in [3.8, 4) is 0 Å². The first-order valence-corrected chi connectivity index (χ1v) is 17.1. The second kappa shape index (κ2) is 15.0. The van der Waals surface area contributed by atoms with E-state index in [0.29, 0.717) is 40.5 Å². The fraction of sp³-hybridized carbons (Fsp3) is 0.457. The molecule has 0 spiro atoms. The average molecular weight is 698 g/mol. The van der Waals surface area contributed by atoms with Crippen molar-refractivity contribution in [3.63, 3.8) is 0 Å². The van der Waals surface area contributed by atoms with Crippen LogP contribution < -0.4 is 21.4 Å². The molecule has 2 unspecified atom stereocenters. The van der Waals surface area contributed by atoms with Crippen LogP contribution in [0.25, 0.3) is 10.9 Å². The first-order chi connectivity index (χ1) is 22.9. The SMILES string of the molecule is CCC(C)[C@H](NC(=O)OCc1ccccc1)C(=O)N[C@]1(C(=O)N[C@H](C2=NNC(=O)C2)C(C)CC)CCc2[nH]c3c(Cl)cc(Cl)cc3c2C1. The van der Waals surface area contributed by atoms with Crippen LogP contribution in [0.2, 0.25) is 10.0 Å². The number of carbonyl (C=O) groups excluding carboxylic acids is 4. The fourth-order valence-corrected chi connectivity index (χ4v) is 6.90. The van der Waals surface area contributed by atoms with Gasteiger partial charge in [0.15, 0.2) is 0 Å². The smallest absolute Gasteiger partial charge is 0.408 e. The molecule has 0 saturated carbocycles. The summed E-state index contributed by atoms with van der Waals surface area (Å²) in [5.74, 6) is -1.49. The van der Waals surface area contributed by atoms with E-state index in [-0.39, 0.29) is 43.6 Å². The Morgan fingerprint density at radius 2 is 1.77 bits per heavy atom. The predicted octanol–water partition coefficient (Wildman–Crippen LogP) is 5.57. The van der Waals surface area contributed by atoms with Crippen molar-refractivity contribution < 1.29 is 23.9 Å². The second-order valence-electron chi connectivity index (χ2n) is 12.9. The summed E-state index contributed by atoms with van der Waals surface area (Å²) in [5, 5.41) is 14.9. The minimum Gasteiger partial charge on any atom is -0.445 e. The zero-order valence-corrected chi connectivity index (χ0v) is 29.1. The number of benzene rings is 2. The summed E-state index contributed by atoms with van der Waals surface area (Å²) in [6.07, 6.45) is 1.46. The van der Waals surface area contributed by atoms with Crippen molar-refractivity contribution in [2.24, 2.45) is 16.9 Å². The summed E-state index contributed by atoms with van der Waals surface area (Å²) in [7, 11) is 0. The molecule has 256 valence electrons. The molecule has 2 heterocycles. The van der Waals surface area contributed by atoms with Crippen molar-refractivity contribution in [2.45, 2.75) is 90.4 Å². The van der Waals surface area contributed by atoms with Gasteiger partial charge in [0.2, 0.25) is 17.7 Å². The molecule has 1 aliphatic heterocycles. The number of fused-ring (bicyclic) bond motifs is 3. The highest BCUT2D eigenvalue weighted by Gasteiger charge is 2.47. The topological polar surface area (TPSA) is 154 Å². The number of aryl methyl sites for hydroxylation is 1. The highest BCUT2D eigenvalue weighted by Crippen LogP contribution is 2.38. The maximum absolute atomic E-state index is 14.6. The number of halogens is 2. The van der Waals surface area contributed by atoms with Crippen LogP contribution in [0, 0.1) is 11.8 Å². The fourth-order valence-electron chi connectivity index (χ4n) is 6.36. The largest absolute Gasteiger partial charge is 0.445 e. The van der Waals surface area contributed by atoms with Gasteiger partial charge >= 0.3 is 6.09 Å². The van der Waals surface area contributed by atoms with Crippen molar-refractivity contribution in [1.29, 1.82) is 0 Å². The van der Waals surface area contributed by atoms with Crippen molar-refractivity contribution in [3.05, 3.63) is 69.3 Å². The van der Waals surface area contributed by atoms with Crippen LogP contribution in [0.5, 0.6) is 0 Å². The summed E-state index contributed by atoms with van der Waals surface area (Å²) in [5.41, 5.74) is 4.84. The van der Waals surface area contributed by atoms with Crippen molar-refractivity contribution in [2.75, 3.05) is 0 Å². The molecule has 1 aromatic heterocycles. The number of aromatic amines is 1. The van der Waals surface area contributed by atoms with E-state index in [1.165, 1.54) is 0 Å². The molecular formula is C35H42Cl2N6O5. The van der Waals surface area contributed by atoms with Crippen LogP contribution in [0.1, 0.15) is 70.2 Å². The van der Waals surface area contributed by atoms with Gasteiger partial charge < -0.3 is 25.7 Å². The van der Waals surface area contributed by atoms with E-state index in [1.54, 1.807) is 12.1 Å². The molecule has 4 amide bonds. The molecule has 0 fully saturated rings. The first kappa shape index (κ1) is 35.2. The van der Waals surface area contributed by atoms with Crippen LogP contribution in [0.3, 0.4) is 0 Å². The Bertz CT molecular complexity index is 1730. The van der Waals surface area contributed by atoms with Crippen LogP contribution in [0.4, 0.5) is 4.79 Å². The van der Waals surface area contributed by atoms with E-state index in [9.17, 15) is 19.2 Å². The van der Waals surface area contributed by atoms with Gasteiger partial charge in [-0.25, -0.2) is 10.2 Å². The molecule has 5 atom stereocenters. The minimum absolute atomic E-state index is 0.0422. The normalized spacial score (nSPS) is 19.7. The van der Waals surface area contributed by atoms with E-state index in [0.717, 1.165) is 22.2 Å². The third-order valence-corrected chi connectivity index (χ3v) is 10.1. The number of nitrogens with one attached hydrogen (secondary N) is 5. The number of hydrazone groups is 1. The summed E-state index contributed by atoms with van der Waals surface area (Å²) >= 11 is 13.0. The predicted molar refractivity (Wildman–Crippen MR) is 186 cm³/mol. The lowest BCUT2D eigenvalue weighted by Gasteiger charge is -2.40. The van der Waals surface area contributed by atoms with Gasteiger partial charge in [-0.3, -0.25) is 14.4 Å². The number of H-pyrrole nitrogens is 1. The van der Waals surface area contributed by atoms with Gasteiger partial charge in [0, 0.05) is 22.5 Å². The van der Waals surface area contributed by atoms with E-state index >= 15 is 0 Å². The third-order valence-electron chi connectivity index (χ3n) is 9.60. The zero-order chi connectivity index (χ0) is 34.6. The Morgan fingerprint density at radius 3 is 2.44 bits per heavy atom. The number of ether oxygens (including phenoxy) is 1. The molecule has 0 radical (unpaired) electrons. The molecule has 0 saturated heterocycles. The monoisotopic (exact) mass is 696 g/mol. The quantitative estimate of drug-likeness (QED) is 0.168. The van der Waals surface area contributed by atoms with Crippen LogP contribution >= 0.6 is 23.2 Å². The highest BCUT2D eigenvalue weighted by molar-refractivity contribution is 6.38. The molecule has 1 aliphatic carbocycles. The maximum atomic E-state index is 14.6. The van der Waals surface area contributed by atoms with Gasteiger partial charge in [-0.15, -0.1) is 0 Å². The molecule has 5 N–H and O–H groups in total. The Kier molecular flexibility index (Phi) is 11.0. The zero-order valence-electron chi connectivity index (χ0n) is 27.5. The molecule has 11 nitrogen and oxygen atoms in total. The lowest BCUT2D eigenvalue weighted by Crippen LogP contribution is -2.66. The molecule has 48 heavy (non-hydrogen) atoms. The highest BCUT2D eigenvalue weighted by atomic mass is 35.5. The minimum atomic E-state index is -1.42. The number of aromatic nitrogens is 1. The van der Waals surface area contributed by atoms with Gasteiger partial charge in [-0.1, -0.05) is 94.1 Å². The lowest BCUT2D eigenvalue weighted by atomic mass is 9.77. The summed E-state index contributed by atoms with van der Waals surface area (Å²) in [6.45, 7) is 7.80. The number of carbonyl (C=O) groups is 4. The number of alkyl carbamates (subject to hydrolysis) is 1. The van der Waals surface area contributed by atoms with Crippen LogP contribution in [-0.2, 0) is 38.6 Å². The van der Waals surface area contributed by atoms with Gasteiger partial charge in [0.1, 0.15) is 18.2 Å². The molecular weight excluding hydrogens is 655 g/mol. The Labute approximate surface area is 289 Å². The van der Waals surface area contributed by atoms with Crippen molar-refractivity contribution in [1.82, 2.24) is 26.4 Å². The van der Waals surface area contributed by atoms with Crippen molar-refractivity contribution >= 4 is 63.6 Å². The number of amides is 4. The van der Waals surface area contributed by atoms with E-state index in [4.69, 9.17) is 27.9 Å². The standard InChI is InChI=1S/C35H42Cl2N6O5/c1-5-19(3)29(27-16-28(44)43-42-27)39-33(46)35(13-12-26-24(17-35)23-14-22(36)15-25(37)31(23)38-26)41-32(45)30(20(4)6-2)40-34(47)48-18-21-10-8-7-9-11-21/h7-11,14-15,19-20,29-30,38H,5-6,12-13,16-18H2,1-4H3,(H,39,46)(H,40,47)(H,41,45)(H,43,44)/t19?,20?,29-,30-,35+/m0/s1. The molecule has 2 aliphatic rings. The number of nitrogens with zero attached hydrogens (tertiary/aromatic N) is 1. The lowest BCUT2D eigenvalue weighted by molar-refractivity contribution is -0.136. The third kappa shape index (κ3) is 7.63. The molecule has 2 aromatic carbocycles. The average Bonchev–Trinajstić information content (AvgIpc) is 3.67. The maximum Gasteiger partial charge on any atom is 0.408 e. The number of hydrogen-bond acceptors (Lipinski definition) is 6.